The fraction of sp³-hybridized carbons (Fsp3) is 0.333. The van der Waals surface area contributed by atoms with Crippen molar-refractivity contribution < 1.29 is 0 Å². The lowest BCUT2D eigenvalue weighted by Crippen LogP contribution is -2.39. The third-order valence-corrected chi connectivity index (χ3v) is 2.84. The molecule has 2 rings (SSSR count). The van der Waals surface area contributed by atoms with Gasteiger partial charge in [0.2, 0.25) is 0 Å². The lowest BCUT2D eigenvalue weighted by molar-refractivity contribution is 0.579. The van der Waals surface area contributed by atoms with Gasteiger partial charge in [0.1, 0.15) is 0 Å². The number of hydrogen-bond acceptors (Lipinski definition) is 3. The molecule has 2 N–H and O–H groups in total. The molecule has 0 fully saturated rings. The van der Waals surface area contributed by atoms with Crippen molar-refractivity contribution in [3.8, 4) is 0 Å². The number of aryl methyl sites for hydroxylation is 1. The average molecular weight is 233 g/mol. The van der Waals surface area contributed by atoms with Crippen molar-refractivity contribution in [3.05, 3.63) is 45.1 Å². The molecule has 2 aromatic rings. The second kappa shape index (κ2) is 4.55. The zero-order valence-electron chi connectivity index (χ0n) is 9.72. The minimum atomic E-state index is -0.290. The minimum Gasteiger partial charge on any atom is -0.330 e. The summed E-state index contributed by atoms with van der Waals surface area (Å²) in [5.41, 5.74) is 5.53. The molecule has 0 radical (unpaired) electrons. The van der Waals surface area contributed by atoms with Crippen LogP contribution in [0, 0.1) is 0 Å². The molecule has 0 spiro atoms. The average Bonchev–Trinajstić information content (AvgIpc) is 2.36. The third kappa shape index (κ3) is 1.89. The molecule has 90 valence electrons. The Labute approximate surface area is 98.1 Å². The molecule has 0 bridgehead atoms. The molecular weight excluding hydrogens is 218 g/mol. The molecule has 1 aromatic carbocycles. The number of para-hydroxylation sites is 1. The lowest BCUT2D eigenvalue weighted by atomic mass is 10.2. The van der Waals surface area contributed by atoms with Crippen molar-refractivity contribution in [2.75, 3.05) is 6.54 Å². The van der Waals surface area contributed by atoms with Crippen LogP contribution in [-0.4, -0.2) is 15.7 Å². The van der Waals surface area contributed by atoms with E-state index in [4.69, 9.17) is 5.73 Å². The van der Waals surface area contributed by atoms with E-state index in [0.717, 1.165) is 0 Å². The van der Waals surface area contributed by atoms with Gasteiger partial charge in [-0.25, -0.2) is 4.79 Å². The van der Waals surface area contributed by atoms with Crippen LogP contribution in [0.25, 0.3) is 10.9 Å². The van der Waals surface area contributed by atoms with Crippen molar-refractivity contribution in [1.82, 2.24) is 9.13 Å². The lowest BCUT2D eigenvalue weighted by Gasteiger charge is -2.09. The highest BCUT2D eigenvalue weighted by atomic mass is 16.2. The molecule has 0 saturated carbocycles. The largest absolute Gasteiger partial charge is 0.331 e. The van der Waals surface area contributed by atoms with Gasteiger partial charge in [-0.15, -0.1) is 0 Å². The number of hydrogen-bond donors (Lipinski definition) is 1. The number of nitrogens with zero attached hydrogens (tertiary/aromatic N) is 2. The molecule has 0 aliphatic rings. The van der Waals surface area contributed by atoms with Gasteiger partial charge in [0.25, 0.3) is 5.56 Å². The van der Waals surface area contributed by atoms with Crippen molar-refractivity contribution in [2.45, 2.75) is 13.0 Å². The first-order chi connectivity index (χ1) is 8.16. The summed E-state index contributed by atoms with van der Waals surface area (Å²) in [6.45, 7) is 0.829. The van der Waals surface area contributed by atoms with Gasteiger partial charge in [-0.1, -0.05) is 12.1 Å². The molecule has 17 heavy (non-hydrogen) atoms. The molecule has 1 aromatic heterocycles. The Morgan fingerprint density at radius 2 is 1.94 bits per heavy atom. The van der Waals surface area contributed by atoms with E-state index in [1.54, 1.807) is 25.2 Å². The summed E-state index contributed by atoms with van der Waals surface area (Å²) >= 11 is 0. The fourth-order valence-corrected chi connectivity index (χ4v) is 1.91. The van der Waals surface area contributed by atoms with Crippen LogP contribution in [0.1, 0.15) is 6.42 Å². The topological polar surface area (TPSA) is 70.0 Å². The van der Waals surface area contributed by atoms with Crippen LogP contribution < -0.4 is 17.0 Å². The third-order valence-electron chi connectivity index (χ3n) is 2.84. The van der Waals surface area contributed by atoms with Gasteiger partial charge in [0.15, 0.2) is 0 Å². The zero-order valence-corrected chi connectivity index (χ0v) is 9.72. The number of fused-ring (bicyclic) bond motifs is 1. The van der Waals surface area contributed by atoms with Crippen LogP contribution in [-0.2, 0) is 13.6 Å². The van der Waals surface area contributed by atoms with Gasteiger partial charge in [-0.05, 0) is 25.1 Å². The maximum atomic E-state index is 12.1. The molecule has 0 aliphatic carbocycles. The van der Waals surface area contributed by atoms with Gasteiger partial charge in [0.05, 0.1) is 10.9 Å². The second-order valence-corrected chi connectivity index (χ2v) is 3.96. The molecule has 0 amide bonds. The molecule has 0 atom stereocenters. The molecular formula is C12H15N3O2. The summed E-state index contributed by atoms with van der Waals surface area (Å²) in [6.07, 6.45) is 0.619. The van der Waals surface area contributed by atoms with Gasteiger partial charge in [-0.2, -0.15) is 0 Å². The van der Waals surface area contributed by atoms with Gasteiger partial charge in [-0.3, -0.25) is 13.9 Å². The highest BCUT2D eigenvalue weighted by Gasteiger charge is 2.09. The van der Waals surface area contributed by atoms with E-state index in [2.05, 4.69) is 0 Å². The maximum Gasteiger partial charge on any atom is 0.331 e. The van der Waals surface area contributed by atoms with E-state index in [1.807, 2.05) is 6.07 Å². The van der Waals surface area contributed by atoms with Crippen LogP contribution in [0.5, 0.6) is 0 Å². The summed E-state index contributed by atoms with van der Waals surface area (Å²) in [5.74, 6) is 0. The molecule has 0 saturated heterocycles. The predicted octanol–water partition coefficient (Wildman–Crippen LogP) is 0.0490. The Morgan fingerprint density at radius 1 is 1.24 bits per heavy atom. The summed E-state index contributed by atoms with van der Waals surface area (Å²) in [7, 11) is 1.67. The number of aromatic nitrogens is 2. The Balaban J connectivity index is 2.78. The van der Waals surface area contributed by atoms with Gasteiger partial charge < -0.3 is 5.73 Å². The first-order valence-electron chi connectivity index (χ1n) is 5.55. The van der Waals surface area contributed by atoms with Gasteiger partial charge >= 0.3 is 5.69 Å². The quantitative estimate of drug-likeness (QED) is 0.814. The molecule has 1 heterocycles. The molecule has 0 aliphatic heterocycles. The first kappa shape index (κ1) is 11.6. The Kier molecular flexibility index (Phi) is 3.10. The Morgan fingerprint density at radius 3 is 2.65 bits per heavy atom. The van der Waals surface area contributed by atoms with Crippen LogP contribution in [0.4, 0.5) is 0 Å². The molecule has 5 heteroatoms. The highest BCUT2D eigenvalue weighted by Crippen LogP contribution is 2.05. The summed E-state index contributed by atoms with van der Waals surface area (Å²) < 4.78 is 2.74. The van der Waals surface area contributed by atoms with Gasteiger partial charge in [0, 0.05) is 13.6 Å². The van der Waals surface area contributed by atoms with E-state index in [-0.39, 0.29) is 11.2 Å². The summed E-state index contributed by atoms with van der Waals surface area (Å²) in [6, 6.07) is 7.11. The zero-order chi connectivity index (χ0) is 12.4. The first-order valence-corrected chi connectivity index (χ1v) is 5.55. The predicted molar refractivity (Wildman–Crippen MR) is 67.1 cm³/mol. The van der Waals surface area contributed by atoms with E-state index >= 15 is 0 Å². The van der Waals surface area contributed by atoms with Crippen molar-refractivity contribution in [2.24, 2.45) is 12.8 Å². The van der Waals surface area contributed by atoms with Crippen LogP contribution in [0.3, 0.4) is 0 Å². The van der Waals surface area contributed by atoms with E-state index in [0.29, 0.717) is 30.4 Å². The summed E-state index contributed by atoms with van der Waals surface area (Å²) in [5, 5.41) is 0.562. The number of rotatable bonds is 3. The fourth-order valence-electron chi connectivity index (χ4n) is 1.91. The second-order valence-electron chi connectivity index (χ2n) is 3.96. The smallest absolute Gasteiger partial charge is 0.330 e. The van der Waals surface area contributed by atoms with Crippen LogP contribution in [0.15, 0.2) is 33.9 Å². The molecule has 5 nitrogen and oxygen atoms in total. The summed E-state index contributed by atoms with van der Waals surface area (Å²) in [4.78, 5) is 24.1. The van der Waals surface area contributed by atoms with Crippen LogP contribution in [0.2, 0.25) is 0 Å². The standard InChI is InChI=1S/C12H15N3O2/c1-14-10-6-3-2-5-9(10)11(16)15(12(14)17)8-4-7-13/h2-3,5-6H,4,7-8,13H2,1H3. The monoisotopic (exact) mass is 233 g/mol. The number of benzene rings is 1. The van der Waals surface area contributed by atoms with E-state index in [9.17, 15) is 9.59 Å². The molecule has 0 unspecified atom stereocenters. The normalized spacial score (nSPS) is 10.9. The highest BCUT2D eigenvalue weighted by molar-refractivity contribution is 5.77. The minimum absolute atomic E-state index is 0.239. The van der Waals surface area contributed by atoms with Crippen molar-refractivity contribution >= 4 is 10.9 Å². The van der Waals surface area contributed by atoms with Crippen LogP contribution >= 0.6 is 0 Å². The Bertz CT molecular complexity index is 655. The van der Waals surface area contributed by atoms with E-state index < -0.39 is 0 Å². The SMILES string of the molecule is Cn1c(=O)n(CCCN)c(=O)c2ccccc21. The Hall–Kier alpha value is -1.88. The van der Waals surface area contributed by atoms with Crippen molar-refractivity contribution in [3.63, 3.8) is 0 Å². The number of nitrogens with two attached hydrogens (primary N) is 1. The van der Waals surface area contributed by atoms with E-state index in [1.165, 1.54) is 9.13 Å². The van der Waals surface area contributed by atoms with Crippen molar-refractivity contribution in [1.29, 1.82) is 0 Å². The maximum absolute atomic E-state index is 12.1.